The van der Waals surface area contributed by atoms with E-state index < -0.39 is 0 Å². The van der Waals surface area contributed by atoms with Gasteiger partial charge in [-0.1, -0.05) is 159 Å². The SMILES string of the molecule is CC1(C)c2ccccc2-c2ccc(-c3c(-c4ccc(-c5nc(-c6ccccc6)nc(-c6ccccc6)n5)c5ccccc45)ccc4oc5ccccc5c34)cc21. The zero-order chi connectivity index (χ0) is 37.4. The van der Waals surface area contributed by atoms with E-state index in [1.165, 1.54) is 27.8 Å². The summed E-state index contributed by atoms with van der Waals surface area (Å²) in [5, 5.41) is 4.42. The zero-order valence-corrected chi connectivity index (χ0v) is 31.0. The second kappa shape index (κ2) is 12.4. The van der Waals surface area contributed by atoms with Crippen LogP contribution in [-0.2, 0) is 5.41 Å². The highest BCUT2D eigenvalue weighted by molar-refractivity contribution is 6.18. The molecule has 0 N–H and O–H groups in total. The summed E-state index contributed by atoms with van der Waals surface area (Å²) in [6.07, 6.45) is 0. The van der Waals surface area contributed by atoms with Crippen molar-refractivity contribution >= 4 is 32.7 Å². The van der Waals surface area contributed by atoms with E-state index in [-0.39, 0.29) is 5.41 Å². The minimum Gasteiger partial charge on any atom is -0.456 e. The summed E-state index contributed by atoms with van der Waals surface area (Å²) >= 11 is 0. The smallest absolute Gasteiger partial charge is 0.164 e. The molecule has 0 fully saturated rings. The van der Waals surface area contributed by atoms with E-state index in [0.29, 0.717) is 17.5 Å². The van der Waals surface area contributed by atoms with Crippen molar-refractivity contribution in [1.29, 1.82) is 0 Å². The summed E-state index contributed by atoms with van der Waals surface area (Å²) < 4.78 is 6.53. The first-order chi connectivity index (χ1) is 27.5. The molecule has 4 heteroatoms. The van der Waals surface area contributed by atoms with Crippen molar-refractivity contribution in [2.24, 2.45) is 0 Å². The molecule has 10 aromatic rings. The van der Waals surface area contributed by atoms with E-state index in [0.717, 1.165) is 66.1 Å². The molecule has 2 heterocycles. The third-order valence-electron chi connectivity index (χ3n) is 11.6. The highest BCUT2D eigenvalue weighted by Gasteiger charge is 2.35. The first kappa shape index (κ1) is 32.3. The molecule has 2 aromatic heterocycles. The topological polar surface area (TPSA) is 51.8 Å². The van der Waals surface area contributed by atoms with Crippen molar-refractivity contribution in [1.82, 2.24) is 15.0 Å². The Labute approximate surface area is 324 Å². The Morgan fingerprint density at radius 2 is 0.911 bits per heavy atom. The Hall–Kier alpha value is -7.17. The summed E-state index contributed by atoms with van der Waals surface area (Å²) in [5.74, 6) is 1.92. The van der Waals surface area contributed by atoms with Gasteiger partial charge in [0.2, 0.25) is 0 Å². The quantitative estimate of drug-likeness (QED) is 0.178. The molecule has 0 atom stereocenters. The number of hydrogen-bond donors (Lipinski definition) is 0. The number of para-hydroxylation sites is 1. The Kier molecular flexibility index (Phi) is 7.17. The fraction of sp³-hybridized carbons (Fsp3) is 0.0577. The maximum absolute atomic E-state index is 6.53. The maximum atomic E-state index is 6.53. The fourth-order valence-corrected chi connectivity index (χ4v) is 8.86. The van der Waals surface area contributed by atoms with E-state index in [4.69, 9.17) is 19.4 Å². The predicted octanol–water partition coefficient (Wildman–Crippen LogP) is 13.6. The molecule has 1 aliphatic carbocycles. The van der Waals surface area contributed by atoms with Gasteiger partial charge in [0.15, 0.2) is 17.5 Å². The van der Waals surface area contributed by atoms with Gasteiger partial charge in [0.25, 0.3) is 0 Å². The summed E-state index contributed by atoms with van der Waals surface area (Å²) in [4.78, 5) is 15.2. The lowest BCUT2D eigenvalue weighted by Crippen LogP contribution is -2.14. The van der Waals surface area contributed by atoms with Gasteiger partial charge < -0.3 is 4.42 Å². The molecule has 0 radical (unpaired) electrons. The highest BCUT2D eigenvalue weighted by atomic mass is 16.3. The molecular formula is C52H35N3O. The molecule has 0 saturated heterocycles. The first-order valence-corrected chi connectivity index (χ1v) is 19.1. The van der Waals surface area contributed by atoms with Crippen LogP contribution in [0.5, 0.6) is 0 Å². The molecule has 11 rings (SSSR count). The van der Waals surface area contributed by atoms with Crippen LogP contribution in [-0.4, -0.2) is 15.0 Å². The lowest BCUT2D eigenvalue weighted by molar-refractivity contribution is 0.660. The molecule has 0 spiro atoms. The zero-order valence-electron chi connectivity index (χ0n) is 31.0. The molecule has 0 saturated carbocycles. The summed E-state index contributed by atoms with van der Waals surface area (Å²) in [6.45, 7) is 4.69. The van der Waals surface area contributed by atoms with Crippen LogP contribution in [0.25, 0.3) is 100 Å². The van der Waals surface area contributed by atoms with Crippen LogP contribution in [0, 0.1) is 0 Å². The van der Waals surface area contributed by atoms with Crippen molar-refractivity contribution < 1.29 is 4.42 Å². The van der Waals surface area contributed by atoms with Crippen LogP contribution in [0.3, 0.4) is 0 Å². The summed E-state index contributed by atoms with van der Waals surface area (Å²) in [7, 11) is 0. The number of furan rings is 1. The van der Waals surface area contributed by atoms with E-state index in [1.807, 2.05) is 66.7 Å². The molecule has 56 heavy (non-hydrogen) atoms. The number of rotatable bonds is 5. The van der Waals surface area contributed by atoms with E-state index in [2.05, 4.69) is 123 Å². The van der Waals surface area contributed by atoms with Crippen LogP contribution in [0.1, 0.15) is 25.0 Å². The molecular weight excluding hydrogens is 683 g/mol. The molecule has 0 aliphatic heterocycles. The minimum atomic E-state index is -0.134. The lowest BCUT2D eigenvalue weighted by Gasteiger charge is -2.22. The Morgan fingerprint density at radius 3 is 1.64 bits per heavy atom. The molecule has 264 valence electrons. The van der Waals surface area contributed by atoms with Crippen molar-refractivity contribution in [2.75, 3.05) is 0 Å². The average molecular weight is 718 g/mol. The number of hydrogen-bond acceptors (Lipinski definition) is 4. The predicted molar refractivity (Wildman–Crippen MR) is 229 cm³/mol. The monoisotopic (exact) mass is 717 g/mol. The Morgan fingerprint density at radius 1 is 0.375 bits per heavy atom. The highest BCUT2D eigenvalue weighted by Crippen LogP contribution is 2.52. The van der Waals surface area contributed by atoms with Gasteiger partial charge in [-0.15, -0.1) is 0 Å². The Balaban J connectivity index is 1.16. The normalized spacial score (nSPS) is 13.0. The van der Waals surface area contributed by atoms with E-state index in [9.17, 15) is 0 Å². The van der Waals surface area contributed by atoms with Gasteiger partial charge in [-0.05, 0) is 80.0 Å². The van der Waals surface area contributed by atoms with Crippen LogP contribution >= 0.6 is 0 Å². The lowest BCUT2D eigenvalue weighted by atomic mass is 9.80. The van der Waals surface area contributed by atoms with Gasteiger partial charge in [-0.2, -0.15) is 0 Å². The van der Waals surface area contributed by atoms with Gasteiger partial charge in [-0.3, -0.25) is 0 Å². The number of aromatic nitrogens is 3. The largest absolute Gasteiger partial charge is 0.456 e. The van der Waals surface area contributed by atoms with Gasteiger partial charge in [0.05, 0.1) is 0 Å². The second-order valence-corrected chi connectivity index (χ2v) is 15.1. The Bertz CT molecular complexity index is 3100. The van der Waals surface area contributed by atoms with E-state index in [1.54, 1.807) is 0 Å². The van der Waals surface area contributed by atoms with Crippen LogP contribution in [0.4, 0.5) is 0 Å². The fourth-order valence-electron chi connectivity index (χ4n) is 8.86. The second-order valence-electron chi connectivity index (χ2n) is 15.1. The van der Waals surface area contributed by atoms with Gasteiger partial charge in [-0.25, -0.2) is 15.0 Å². The summed E-state index contributed by atoms with van der Waals surface area (Å²) in [6, 6.07) is 61.9. The summed E-state index contributed by atoms with van der Waals surface area (Å²) in [5.41, 5.74) is 14.4. The van der Waals surface area contributed by atoms with Gasteiger partial charge in [0, 0.05) is 38.4 Å². The molecule has 0 bridgehead atoms. The van der Waals surface area contributed by atoms with Crippen molar-refractivity contribution in [3.05, 3.63) is 187 Å². The molecule has 0 amide bonds. The number of fused-ring (bicyclic) bond motifs is 7. The number of nitrogens with zero attached hydrogens (tertiary/aromatic N) is 3. The molecule has 0 unspecified atom stereocenters. The average Bonchev–Trinajstić information content (AvgIpc) is 3.75. The van der Waals surface area contributed by atoms with Crippen LogP contribution in [0.15, 0.2) is 180 Å². The van der Waals surface area contributed by atoms with Crippen molar-refractivity contribution in [2.45, 2.75) is 19.3 Å². The molecule has 8 aromatic carbocycles. The van der Waals surface area contributed by atoms with Crippen molar-refractivity contribution in [3.63, 3.8) is 0 Å². The van der Waals surface area contributed by atoms with Crippen molar-refractivity contribution in [3.8, 4) is 67.5 Å². The third kappa shape index (κ3) is 4.96. The maximum Gasteiger partial charge on any atom is 0.164 e. The third-order valence-corrected chi connectivity index (χ3v) is 11.6. The minimum absolute atomic E-state index is 0.134. The van der Waals surface area contributed by atoms with E-state index >= 15 is 0 Å². The number of benzene rings is 8. The molecule has 4 nitrogen and oxygen atoms in total. The van der Waals surface area contributed by atoms with Gasteiger partial charge >= 0.3 is 0 Å². The standard InChI is InChI=1S/C52H35N3O/c1-52(2)43-23-13-11-21-38(43)39-26-25-34(31-44(39)52)47-40(29-30-46-48(47)42-22-12-14-24-45(42)56-46)37-27-28-41(36-20-10-9-19-35(36)37)51-54-49(32-15-5-3-6-16-32)53-50(55-51)33-17-7-4-8-18-33/h3-31H,1-2H3. The molecule has 1 aliphatic rings. The van der Waals surface area contributed by atoms with Gasteiger partial charge in [0.1, 0.15) is 11.2 Å². The first-order valence-electron chi connectivity index (χ1n) is 19.1. The van der Waals surface area contributed by atoms with Crippen LogP contribution < -0.4 is 0 Å². The van der Waals surface area contributed by atoms with Crippen LogP contribution in [0.2, 0.25) is 0 Å².